The predicted molar refractivity (Wildman–Crippen MR) is 137 cm³/mol. The quantitative estimate of drug-likeness (QED) is 0.470. The molecule has 0 unspecified atom stereocenters. The SMILES string of the molecule is COc1cccc(C(=O)N(CCN2CCOCC2)Cc2nccn2Cc2c(C)cc(C)cc2C)c1. The monoisotopic (exact) mass is 476 g/mol. The molecule has 1 amide bonds. The Bertz CT molecular complexity index is 1130. The molecule has 1 fully saturated rings. The molecule has 1 aliphatic heterocycles. The first-order valence-corrected chi connectivity index (χ1v) is 12.2. The van der Waals surface area contributed by atoms with Crippen molar-refractivity contribution in [3.63, 3.8) is 0 Å². The minimum atomic E-state index is -0.0191. The maximum Gasteiger partial charge on any atom is 0.254 e. The zero-order chi connectivity index (χ0) is 24.8. The van der Waals surface area contributed by atoms with E-state index in [0.717, 1.165) is 45.2 Å². The number of morpholine rings is 1. The van der Waals surface area contributed by atoms with E-state index in [1.165, 1.54) is 22.3 Å². The van der Waals surface area contributed by atoms with Crippen LogP contribution in [0, 0.1) is 20.8 Å². The topological polar surface area (TPSA) is 59.8 Å². The molecule has 7 nitrogen and oxygen atoms in total. The lowest BCUT2D eigenvalue weighted by atomic mass is 10.00. The molecule has 2 aromatic carbocycles. The summed E-state index contributed by atoms with van der Waals surface area (Å²) in [5, 5.41) is 0. The molecule has 7 heteroatoms. The molecule has 0 N–H and O–H groups in total. The molecule has 1 aliphatic rings. The second-order valence-electron chi connectivity index (χ2n) is 9.26. The summed E-state index contributed by atoms with van der Waals surface area (Å²) >= 11 is 0. The summed E-state index contributed by atoms with van der Waals surface area (Å²) in [4.78, 5) is 22.5. The number of amides is 1. The van der Waals surface area contributed by atoms with Gasteiger partial charge in [0.25, 0.3) is 5.91 Å². The Morgan fingerprint density at radius 3 is 2.57 bits per heavy atom. The number of aryl methyl sites for hydroxylation is 3. The number of carbonyl (C=O) groups is 1. The van der Waals surface area contributed by atoms with Crippen molar-refractivity contribution < 1.29 is 14.3 Å². The van der Waals surface area contributed by atoms with E-state index in [0.29, 0.717) is 24.4 Å². The minimum absolute atomic E-state index is 0.0191. The Balaban J connectivity index is 1.56. The number of rotatable bonds is 9. The normalized spacial score (nSPS) is 14.2. The Morgan fingerprint density at radius 2 is 1.86 bits per heavy atom. The van der Waals surface area contributed by atoms with Crippen molar-refractivity contribution in [1.82, 2.24) is 19.4 Å². The third-order valence-electron chi connectivity index (χ3n) is 6.70. The molecule has 0 atom stereocenters. The van der Waals surface area contributed by atoms with Crippen LogP contribution in [0.1, 0.15) is 38.4 Å². The van der Waals surface area contributed by atoms with Crippen LogP contribution in [0.15, 0.2) is 48.8 Å². The van der Waals surface area contributed by atoms with Gasteiger partial charge in [0, 0.05) is 50.7 Å². The molecule has 186 valence electrons. The van der Waals surface area contributed by atoms with Gasteiger partial charge in [0.05, 0.1) is 26.9 Å². The Hall–Kier alpha value is -3.16. The van der Waals surface area contributed by atoms with Crippen molar-refractivity contribution in [2.45, 2.75) is 33.9 Å². The van der Waals surface area contributed by atoms with Gasteiger partial charge in [0.15, 0.2) is 0 Å². The average Bonchev–Trinajstić information content (AvgIpc) is 3.30. The summed E-state index contributed by atoms with van der Waals surface area (Å²) < 4.78 is 13.0. The number of hydrogen-bond acceptors (Lipinski definition) is 5. The van der Waals surface area contributed by atoms with Gasteiger partial charge in [-0.15, -0.1) is 0 Å². The lowest BCUT2D eigenvalue weighted by Gasteiger charge is -2.30. The van der Waals surface area contributed by atoms with Gasteiger partial charge in [0.1, 0.15) is 11.6 Å². The van der Waals surface area contributed by atoms with E-state index in [9.17, 15) is 4.79 Å². The molecule has 3 aromatic rings. The first kappa shape index (κ1) is 24.9. The maximum absolute atomic E-state index is 13.6. The number of carbonyl (C=O) groups excluding carboxylic acids is 1. The van der Waals surface area contributed by atoms with Crippen LogP contribution in [0.5, 0.6) is 5.75 Å². The number of ether oxygens (including phenoxy) is 2. The number of hydrogen-bond donors (Lipinski definition) is 0. The minimum Gasteiger partial charge on any atom is -0.497 e. The predicted octanol–water partition coefficient (Wildman–Crippen LogP) is 3.84. The fourth-order valence-corrected chi connectivity index (χ4v) is 4.71. The molecule has 1 aromatic heterocycles. The smallest absolute Gasteiger partial charge is 0.254 e. The van der Waals surface area contributed by atoms with Crippen LogP contribution in [0.4, 0.5) is 0 Å². The van der Waals surface area contributed by atoms with Crippen LogP contribution in [-0.2, 0) is 17.8 Å². The highest BCUT2D eigenvalue weighted by molar-refractivity contribution is 5.94. The molecular weight excluding hydrogens is 440 g/mol. The van der Waals surface area contributed by atoms with Gasteiger partial charge < -0.3 is 18.9 Å². The third-order valence-corrected chi connectivity index (χ3v) is 6.70. The number of nitrogens with zero attached hydrogens (tertiary/aromatic N) is 4. The molecule has 35 heavy (non-hydrogen) atoms. The van der Waals surface area contributed by atoms with Gasteiger partial charge in [-0.25, -0.2) is 4.98 Å². The first-order chi connectivity index (χ1) is 16.9. The summed E-state index contributed by atoms with van der Waals surface area (Å²) in [5.74, 6) is 1.54. The highest BCUT2D eigenvalue weighted by Crippen LogP contribution is 2.20. The van der Waals surface area contributed by atoms with Gasteiger partial charge >= 0.3 is 0 Å². The zero-order valence-corrected chi connectivity index (χ0v) is 21.3. The average molecular weight is 477 g/mol. The van der Waals surface area contributed by atoms with Crippen LogP contribution in [-0.4, -0.2) is 71.8 Å². The number of aromatic nitrogens is 2. The van der Waals surface area contributed by atoms with Gasteiger partial charge in [0.2, 0.25) is 0 Å². The summed E-state index contributed by atoms with van der Waals surface area (Å²) in [6, 6.07) is 11.8. The molecule has 1 saturated heterocycles. The van der Waals surface area contributed by atoms with Crippen molar-refractivity contribution in [2.24, 2.45) is 0 Å². The van der Waals surface area contributed by atoms with Gasteiger partial charge in [-0.1, -0.05) is 23.8 Å². The molecule has 0 saturated carbocycles. The molecule has 2 heterocycles. The van der Waals surface area contributed by atoms with E-state index >= 15 is 0 Å². The first-order valence-electron chi connectivity index (χ1n) is 12.2. The van der Waals surface area contributed by atoms with Gasteiger partial charge in [-0.05, 0) is 55.7 Å². The zero-order valence-electron chi connectivity index (χ0n) is 21.3. The van der Waals surface area contributed by atoms with E-state index in [-0.39, 0.29) is 5.91 Å². The molecule has 0 aliphatic carbocycles. The van der Waals surface area contributed by atoms with Crippen LogP contribution in [0.25, 0.3) is 0 Å². The van der Waals surface area contributed by atoms with E-state index in [1.54, 1.807) is 13.2 Å². The summed E-state index contributed by atoms with van der Waals surface area (Å²) in [6.07, 6.45) is 3.83. The Morgan fingerprint density at radius 1 is 1.11 bits per heavy atom. The van der Waals surface area contributed by atoms with E-state index in [4.69, 9.17) is 9.47 Å². The van der Waals surface area contributed by atoms with Crippen LogP contribution in [0.2, 0.25) is 0 Å². The van der Waals surface area contributed by atoms with Gasteiger partial charge in [-0.3, -0.25) is 9.69 Å². The lowest BCUT2D eigenvalue weighted by Crippen LogP contribution is -2.43. The highest BCUT2D eigenvalue weighted by atomic mass is 16.5. The summed E-state index contributed by atoms with van der Waals surface area (Å²) in [7, 11) is 1.62. The second kappa shape index (κ2) is 11.5. The molecule has 0 radical (unpaired) electrons. The number of methoxy groups -OCH3 is 1. The van der Waals surface area contributed by atoms with Gasteiger partial charge in [-0.2, -0.15) is 0 Å². The van der Waals surface area contributed by atoms with Crippen LogP contribution < -0.4 is 4.74 Å². The standard InChI is InChI=1S/C28H36N4O3/c1-21-16-22(2)26(23(3)17-21)19-31-9-8-29-27(31)20-32(11-10-30-12-14-35-15-13-30)28(33)24-6-5-7-25(18-24)34-4/h5-9,16-18H,10-15,19-20H2,1-4H3. The van der Waals surface area contributed by atoms with E-state index < -0.39 is 0 Å². The second-order valence-corrected chi connectivity index (χ2v) is 9.26. The fraction of sp³-hybridized carbons (Fsp3) is 0.429. The molecule has 0 spiro atoms. The third kappa shape index (κ3) is 6.29. The van der Waals surface area contributed by atoms with Crippen molar-refractivity contribution >= 4 is 5.91 Å². The van der Waals surface area contributed by atoms with Crippen molar-refractivity contribution in [2.75, 3.05) is 46.5 Å². The largest absolute Gasteiger partial charge is 0.497 e. The molecule has 4 rings (SSSR count). The van der Waals surface area contributed by atoms with E-state index in [2.05, 4.69) is 47.4 Å². The van der Waals surface area contributed by atoms with E-state index in [1.807, 2.05) is 35.5 Å². The summed E-state index contributed by atoms with van der Waals surface area (Å²) in [5.41, 5.74) is 5.74. The highest BCUT2D eigenvalue weighted by Gasteiger charge is 2.21. The number of benzene rings is 2. The van der Waals surface area contributed by atoms with Crippen molar-refractivity contribution in [1.29, 1.82) is 0 Å². The Labute approximate surface area is 208 Å². The van der Waals surface area contributed by atoms with Crippen molar-refractivity contribution in [3.8, 4) is 5.75 Å². The Kier molecular flexibility index (Phi) is 8.21. The maximum atomic E-state index is 13.6. The number of imidazole rings is 1. The molecule has 0 bridgehead atoms. The lowest BCUT2D eigenvalue weighted by molar-refractivity contribution is 0.0318. The van der Waals surface area contributed by atoms with Crippen molar-refractivity contribution in [3.05, 3.63) is 82.4 Å². The summed E-state index contributed by atoms with van der Waals surface area (Å²) in [6.45, 7) is 12.3. The van der Waals surface area contributed by atoms with Crippen LogP contribution in [0.3, 0.4) is 0 Å². The van der Waals surface area contributed by atoms with Crippen LogP contribution >= 0.6 is 0 Å². The molecular formula is C28H36N4O3. The fourth-order valence-electron chi connectivity index (χ4n) is 4.71.